The standard InChI is InChI=1S/C16H13F3NO6S/c1-25-13-6-2-11(3-7-13)15(16(17,18)19)10-26-27(23,24)14-8-4-12(5-9-14)20(21)22/h2-9H,10H2,1H3/q+1. The summed E-state index contributed by atoms with van der Waals surface area (Å²) in [5.41, 5.74) is -1.84. The average molecular weight is 404 g/mol. The van der Waals surface area contributed by atoms with E-state index >= 15 is 0 Å². The van der Waals surface area contributed by atoms with Crippen molar-refractivity contribution in [3.05, 3.63) is 69.8 Å². The van der Waals surface area contributed by atoms with Crippen molar-refractivity contribution in [2.45, 2.75) is 11.1 Å². The smallest absolute Gasteiger partial charge is 0.262 e. The number of allylic oxidation sites excluding steroid dienone is 5. The number of carbonyl (C=O) groups excluding carboxylic acids is 1. The monoisotopic (exact) mass is 404 g/mol. The minimum Gasteiger partial charge on any atom is -0.262 e. The molecule has 2 rings (SSSR count). The lowest BCUT2D eigenvalue weighted by molar-refractivity contribution is -0.417. The summed E-state index contributed by atoms with van der Waals surface area (Å²) in [6, 6.07) is 3.59. The average Bonchev–Trinajstić information content (AvgIpc) is 2.61. The first-order chi connectivity index (χ1) is 12.5. The molecule has 0 fully saturated rings. The maximum atomic E-state index is 13.3. The van der Waals surface area contributed by atoms with E-state index in [0.717, 1.165) is 36.4 Å². The molecule has 0 spiro atoms. The van der Waals surface area contributed by atoms with E-state index in [1.807, 2.05) is 0 Å². The number of halogens is 3. The summed E-state index contributed by atoms with van der Waals surface area (Å²) in [6.07, 6.45) is 0.0183. The second-order valence-electron chi connectivity index (χ2n) is 5.17. The summed E-state index contributed by atoms with van der Waals surface area (Å²) in [7, 11) is -3.20. The molecule has 0 atom stereocenters. The van der Waals surface area contributed by atoms with Crippen LogP contribution >= 0.6 is 0 Å². The minimum absolute atomic E-state index is 0.276. The number of hydrogen-bond donors (Lipinski definition) is 0. The zero-order valence-corrected chi connectivity index (χ0v) is 14.6. The predicted molar refractivity (Wildman–Crippen MR) is 88.5 cm³/mol. The highest BCUT2D eigenvalue weighted by molar-refractivity contribution is 7.86. The molecule has 0 N–H and O–H groups in total. The van der Waals surface area contributed by atoms with Gasteiger partial charge in [0.2, 0.25) is 0 Å². The third-order valence-corrected chi connectivity index (χ3v) is 4.75. The normalized spacial score (nSPS) is 14.4. The van der Waals surface area contributed by atoms with Crippen LogP contribution in [0.3, 0.4) is 0 Å². The Hall–Kier alpha value is -2.79. The number of ketones is 1. The molecule has 0 aliphatic heterocycles. The molecule has 1 aromatic carbocycles. The summed E-state index contributed by atoms with van der Waals surface area (Å²) < 4.78 is 73.4. The van der Waals surface area contributed by atoms with Crippen molar-refractivity contribution in [3.8, 4) is 0 Å². The third-order valence-electron chi connectivity index (χ3n) is 3.48. The van der Waals surface area contributed by atoms with Crippen LogP contribution in [0.2, 0.25) is 0 Å². The van der Waals surface area contributed by atoms with Crippen LogP contribution in [0.25, 0.3) is 0 Å². The molecule has 1 aliphatic rings. The van der Waals surface area contributed by atoms with E-state index in [2.05, 4.69) is 4.18 Å². The molecule has 0 amide bonds. The van der Waals surface area contributed by atoms with Gasteiger partial charge < -0.3 is 0 Å². The van der Waals surface area contributed by atoms with Gasteiger partial charge in [0.05, 0.1) is 22.0 Å². The van der Waals surface area contributed by atoms with Gasteiger partial charge in [-0.05, 0) is 29.9 Å². The fourth-order valence-electron chi connectivity index (χ4n) is 2.06. The van der Waals surface area contributed by atoms with Crippen LogP contribution in [0, 0.1) is 10.1 Å². The SMILES string of the molecule is C[O+]=C1C=CC(=C(COS(=O)(=O)c2ccc([N+](=O)[O-])cc2)C(F)(F)F)C=C1. The van der Waals surface area contributed by atoms with Gasteiger partial charge in [-0.3, -0.25) is 18.7 Å². The van der Waals surface area contributed by atoms with Gasteiger partial charge in [-0.25, -0.2) is 0 Å². The van der Waals surface area contributed by atoms with E-state index in [4.69, 9.17) is 4.42 Å². The summed E-state index contributed by atoms with van der Waals surface area (Å²) >= 11 is 0. The van der Waals surface area contributed by atoms with Gasteiger partial charge in [0.25, 0.3) is 22.9 Å². The van der Waals surface area contributed by atoms with Crippen molar-refractivity contribution in [1.82, 2.24) is 0 Å². The van der Waals surface area contributed by atoms with Gasteiger partial charge in [-0.1, -0.05) is 0 Å². The molecular weight excluding hydrogens is 391 g/mol. The van der Waals surface area contributed by atoms with Crippen LogP contribution in [0.5, 0.6) is 0 Å². The molecule has 1 aliphatic carbocycles. The number of nitro groups is 1. The number of alkyl halides is 3. The van der Waals surface area contributed by atoms with Crippen molar-refractivity contribution in [1.29, 1.82) is 0 Å². The molecule has 1 aromatic rings. The van der Waals surface area contributed by atoms with Crippen LogP contribution in [0.15, 0.2) is 64.6 Å². The summed E-state index contributed by atoms with van der Waals surface area (Å²) in [5.74, 6) is 0.333. The van der Waals surface area contributed by atoms with Gasteiger partial charge >= 0.3 is 12.0 Å². The molecule has 144 valence electrons. The van der Waals surface area contributed by atoms with Gasteiger partial charge in [0.15, 0.2) is 0 Å². The van der Waals surface area contributed by atoms with Gasteiger partial charge in [0, 0.05) is 24.3 Å². The van der Waals surface area contributed by atoms with Gasteiger partial charge in [-0.2, -0.15) is 21.6 Å². The number of rotatable bonds is 5. The van der Waals surface area contributed by atoms with E-state index in [-0.39, 0.29) is 11.3 Å². The highest BCUT2D eigenvalue weighted by Crippen LogP contribution is 2.31. The van der Waals surface area contributed by atoms with E-state index in [1.165, 1.54) is 19.3 Å². The Morgan fingerprint density at radius 1 is 1.15 bits per heavy atom. The highest BCUT2D eigenvalue weighted by atomic mass is 32.2. The number of nitrogens with zero attached hydrogens (tertiary/aromatic N) is 1. The first-order valence-electron chi connectivity index (χ1n) is 7.26. The molecule has 0 aromatic heterocycles. The molecular formula is C16H13F3NO6S+. The van der Waals surface area contributed by atoms with Gasteiger partial charge in [0.1, 0.15) is 0 Å². The van der Waals surface area contributed by atoms with Crippen molar-refractivity contribution < 1.29 is 35.1 Å². The zero-order valence-electron chi connectivity index (χ0n) is 13.8. The fraction of sp³-hybridized carbons (Fsp3) is 0.188. The van der Waals surface area contributed by atoms with Crippen LogP contribution in [0.4, 0.5) is 18.9 Å². The van der Waals surface area contributed by atoms with Crippen molar-refractivity contribution >= 4 is 21.6 Å². The summed E-state index contributed by atoms with van der Waals surface area (Å²) in [6.45, 7) is -1.25. The largest absolute Gasteiger partial charge is 0.415 e. The second-order valence-corrected chi connectivity index (χ2v) is 6.79. The summed E-state index contributed by atoms with van der Waals surface area (Å²) in [5, 5.41) is 10.6. The maximum Gasteiger partial charge on any atom is 0.415 e. The quantitative estimate of drug-likeness (QED) is 0.325. The zero-order chi connectivity index (χ0) is 20.2. The number of benzene rings is 1. The molecule has 7 nitrogen and oxygen atoms in total. The Labute approximate surface area is 152 Å². The van der Waals surface area contributed by atoms with Crippen LogP contribution in [0.1, 0.15) is 0 Å². The molecule has 0 saturated carbocycles. The lowest BCUT2D eigenvalue weighted by Crippen LogP contribution is -2.21. The van der Waals surface area contributed by atoms with Crippen LogP contribution in [-0.2, 0) is 18.7 Å². The Bertz CT molecular complexity index is 939. The Morgan fingerprint density at radius 2 is 1.70 bits per heavy atom. The van der Waals surface area contributed by atoms with E-state index in [0.29, 0.717) is 5.78 Å². The van der Waals surface area contributed by atoms with E-state index in [9.17, 15) is 31.7 Å². The Kier molecular flexibility index (Phi) is 5.96. The summed E-state index contributed by atoms with van der Waals surface area (Å²) in [4.78, 5) is 9.34. The molecule has 0 radical (unpaired) electrons. The predicted octanol–water partition coefficient (Wildman–Crippen LogP) is 3.02. The van der Waals surface area contributed by atoms with Crippen molar-refractivity contribution in [2.75, 3.05) is 13.7 Å². The molecule has 27 heavy (non-hydrogen) atoms. The fourth-order valence-corrected chi connectivity index (χ4v) is 2.94. The topological polar surface area (TPSA) is 97.8 Å². The highest BCUT2D eigenvalue weighted by Gasteiger charge is 2.37. The minimum atomic E-state index is -4.83. The Balaban J connectivity index is 2.27. The van der Waals surface area contributed by atoms with E-state index < -0.39 is 38.3 Å². The number of nitro benzene ring substituents is 1. The lowest BCUT2D eigenvalue weighted by atomic mass is 10.0. The first kappa shape index (κ1) is 20.5. The maximum absolute atomic E-state index is 13.3. The van der Waals surface area contributed by atoms with Crippen molar-refractivity contribution in [2.24, 2.45) is 0 Å². The van der Waals surface area contributed by atoms with E-state index in [1.54, 1.807) is 0 Å². The van der Waals surface area contributed by atoms with Crippen LogP contribution in [-0.4, -0.2) is 39.0 Å². The van der Waals surface area contributed by atoms with Crippen LogP contribution < -0.4 is 0 Å². The molecule has 0 heterocycles. The lowest BCUT2D eigenvalue weighted by Gasteiger charge is -2.15. The molecule has 0 bridgehead atoms. The number of non-ortho nitro benzene ring substituents is 1. The third kappa shape index (κ3) is 5.11. The second kappa shape index (κ2) is 7.84. The molecule has 11 heteroatoms. The molecule has 0 unspecified atom stereocenters. The van der Waals surface area contributed by atoms with Gasteiger partial charge in [-0.15, -0.1) is 0 Å². The Morgan fingerprint density at radius 3 is 2.15 bits per heavy atom. The molecule has 0 saturated heterocycles. The first-order valence-corrected chi connectivity index (χ1v) is 8.67. The number of hydrogen-bond acceptors (Lipinski definition) is 5. The van der Waals surface area contributed by atoms with Crippen molar-refractivity contribution in [3.63, 3.8) is 0 Å².